The normalized spacial score (nSPS) is 26.8. The van der Waals surface area contributed by atoms with Crippen LogP contribution >= 0.6 is 0 Å². The fourth-order valence-corrected chi connectivity index (χ4v) is 2.62. The number of rotatable bonds is 4. The summed E-state index contributed by atoms with van der Waals surface area (Å²) in [5, 5.41) is 3.44. The van der Waals surface area contributed by atoms with E-state index in [4.69, 9.17) is 9.47 Å². The van der Waals surface area contributed by atoms with Crippen LogP contribution in [0.5, 0.6) is 5.75 Å². The average molecular weight is 233 g/mol. The van der Waals surface area contributed by atoms with Gasteiger partial charge in [-0.25, -0.2) is 0 Å². The van der Waals surface area contributed by atoms with Crippen molar-refractivity contribution < 1.29 is 9.47 Å². The third kappa shape index (κ3) is 2.45. The predicted molar refractivity (Wildman–Crippen MR) is 66.5 cm³/mol. The maximum absolute atomic E-state index is 5.82. The lowest BCUT2D eigenvalue weighted by Gasteiger charge is -2.13. The summed E-state index contributed by atoms with van der Waals surface area (Å²) in [6, 6.07) is 8.83. The Hall–Kier alpha value is -1.06. The van der Waals surface area contributed by atoms with Gasteiger partial charge < -0.3 is 14.8 Å². The standard InChI is InChI=1S/C14H19NO2/c1-2-6-14-13(5-1)11(9-17-14)8-16-10-12-4-3-7-15-12/h1-2,5-6,11-12,15H,3-4,7-10H2. The third-order valence-corrected chi connectivity index (χ3v) is 3.60. The lowest BCUT2D eigenvalue weighted by molar-refractivity contribution is 0.0974. The number of nitrogens with one attached hydrogen (secondary N) is 1. The van der Waals surface area contributed by atoms with E-state index < -0.39 is 0 Å². The summed E-state index contributed by atoms with van der Waals surface area (Å²) in [5.74, 6) is 1.44. The van der Waals surface area contributed by atoms with Crippen molar-refractivity contribution in [1.82, 2.24) is 5.32 Å². The first-order valence-electron chi connectivity index (χ1n) is 6.46. The van der Waals surface area contributed by atoms with Crippen molar-refractivity contribution in [2.75, 3.05) is 26.4 Å². The van der Waals surface area contributed by atoms with E-state index in [2.05, 4.69) is 17.4 Å². The average Bonchev–Trinajstić information content (AvgIpc) is 2.99. The second-order valence-corrected chi connectivity index (χ2v) is 4.88. The molecule has 1 aromatic rings. The first kappa shape index (κ1) is 11.1. The summed E-state index contributed by atoms with van der Waals surface area (Å²) < 4.78 is 11.5. The first-order valence-corrected chi connectivity index (χ1v) is 6.46. The van der Waals surface area contributed by atoms with Crippen molar-refractivity contribution in [3.05, 3.63) is 29.8 Å². The van der Waals surface area contributed by atoms with E-state index in [1.807, 2.05) is 12.1 Å². The molecule has 1 saturated heterocycles. The Kier molecular flexibility index (Phi) is 3.29. The van der Waals surface area contributed by atoms with Crippen LogP contribution in [0.4, 0.5) is 0 Å². The second kappa shape index (κ2) is 5.07. The van der Waals surface area contributed by atoms with Gasteiger partial charge in [0.15, 0.2) is 0 Å². The monoisotopic (exact) mass is 233 g/mol. The molecule has 2 aliphatic heterocycles. The van der Waals surface area contributed by atoms with E-state index in [-0.39, 0.29) is 0 Å². The molecule has 2 atom stereocenters. The SMILES string of the molecule is c1ccc2c(c1)OCC2COCC1CCCN1. The molecule has 1 N–H and O–H groups in total. The summed E-state index contributed by atoms with van der Waals surface area (Å²) >= 11 is 0. The first-order chi connectivity index (χ1) is 8.43. The minimum absolute atomic E-state index is 0.410. The van der Waals surface area contributed by atoms with Gasteiger partial charge in [-0.15, -0.1) is 0 Å². The van der Waals surface area contributed by atoms with Crippen LogP contribution in [0.15, 0.2) is 24.3 Å². The van der Waals surface area contributed by atoms with Crippen LogP contribution in [-0.4, -0.2) is 32.4 Å². The fraction of sp³-hybridized carbons (Fsp3) is 0.571. The molecule has 0 radical (unpaired) electrons. The Morgan fingerprint density at radius 1 is 1.29 bits per heavy atom. The van der Waals surface area contributed by atoms with Gasteiger partial charge in [0.2, 0.25) is 0 Å². The number of hydrogen-bond donors (Lipinski definition) is 1. The molecule has 17 heavy (non-hydrogen) atoms. The van der Waals surface area contributed by atoms with Gasteiger partial charge in [0.1, 0.15) is 5.75 Å². The molecule has 3 rings (SSSR count). The summed E-state index contributed by atoms with van der Waals surface area (Å²) in [6.45, 7) is 3.51. The van der Waals surface area contributed by atoms with Crippen LogP contribution in [0.25, 0.3) is 0 Å². The molecule has 0 spiro atoms. The van der Waals surface area contributed by atoms with Gasteiger partial charge >= 0.3 is 0 Å². The van der Waals surface area contributed by atoms with Gasteiger partial charge in [-0.2, -0.15) is 0 Å². The van der Waals surface area contributed by atoms with Crippen molar-refractivity contribution in [1.29, 1.82) is 0 Å². The Morgan fingerprint density at radius 3 is 3.12 bits per heavy atom. The Bertz CT molecular complexity index is 374. The van der Waals surface area contributed by atoms with Crippen LogP contribution in [0.1, 0.15) is 24.3 Å². The quantitative estimate of drug-likeness (QED) is 0.862. The molecular weight excluding hydrogens is 214 g/mol. The summed E-state index contributed by atoms with van der Waals surface area (Å²) in [6.07, 6.45) is 2.53. The summed E-state index contributed by atoms with van der Waals surface area (Å²) in [4.78, 5) is 0. The number of para-hydroxylation sites is 1. The van der Waals surface area contributed by atoms with Crippen molar-refractivity contribution in [2.45, 2.75) is 24.8 Å². The van der Waals surface area contributed by atoms with E-state index in [1.54, 1.807) is 0 Å². The topological polar surface area (TPSA) is 30.5 Å². The van der Waals surface area contributed by atoms with Gasteiger partial charge in [-0.3, -0.25) is 0 Å². The Labute approximate surface area is 102 Å². The van der Waals surface area contributed by atoms with Crippen LogP contribution in [0, 0.1) is 0 Å². The molecule has 1 fully saturated rings. The Morgan fingerprint density at radius 2 is 2.24 bits per heavy atom. The van der Waals surface area contributed by atoms with Crippen molar-refractivity contribution in [3.63, 3.8) is 0 Å². The largest absolute Gasteiger partial charge is 0.493 e. The van der Waals surface area contributed by atoms with Gasteiger partial charge in [-0.1, -0.05) is 18.2 Å². The minimum atomic E-state index is 0.410. The third-order valence-electron chi connectivity index (χ3n) is 3.60. The molecule has 3 heteroatoms. The van der Waals surface area contributed by atoms with Crippen LogP contribution in [-0.2, 0) is 4.74 Å². The minimum Gasteiger partial charge on any atom is -0.493 e. The van der Waals surface area contributed by atoms with Gasteiger partial charge in [-0.05, 0) is 25.5 Å². The maximum Gasteiger partial charge on any atom is 0.123 e. The predicted octanol–water partition coefficient (Wildman–Crippen LogP) is 1.93. The lowest BCUT2D eigenvalue weighted by atomic mass is 10.0. The number of benzene rings is 1. The van der Waals surface area contributed by atoms with Crippen molar-refractivity contribution in [2.24, 2.45) is 0 Å². The van der Waals surface area contributed by atoms with Crippen LogP contribution < -0.4 is 10.1 Å². The van der Waals surface area contributed by atoms with Crippen molar-refractivity contribution in [3.8, 4) is 5.75 Å². The highest BCUT2D eigenvalue weighted by molar-refractivity contribution is 5.39. The molecule has 2 aliphatic rings. The summed E-state index contributed by atoms with van der Waals surface area (Å²) in [7, 11) is 0. The van der Waals surface area contributed by atoms with Crippen LogP contribution in [0.2, 0.25) is 0 Å². The van der Waals surface area contributed by atoms with E-state index in [0.29, 0.717) is 12.0 Å². The zero-order valence-corrected chi connectivity index (χ0v) is 10.0. The smallest absolute Gasteiger partial charge is 0.123 e. The van der Waals surface area contributed by atoms with Gasteiger partial charge in [0, 0.05) is 17.5 Å². The summed E-state index contributed by atoms with van der Waals surface area (Å²) in [5.41, 5.74) is 1.30. The molecule has 2 unspecified atom stereocenters. The van der Waals surface area contributed by atoms with Crippen LogP contribution in [0.3, 0.4) is 0 Å². The molecule has 2 heterocycles. The molecule has 1 aromatic carbocycles. The molecule has 0 bridgehead atoms. The van der Waals surface area contributed by atoms with E-state index in [9.17, 15) is 0 Å². The number of hydrogen-bond acceptors (Lipinski definition) is 3. The highest BCUT2D eigenvalue weighted by Crippen LogP contribution is 2.33. The van der Waals surface area contributed by atoms with Crippen molar-refractivity contribution >= 4 is 0 Å². The van der Waals surface area contributed by atoms with E-state index in [0.717, 1.165) is 32.1 Å². The number of ether oxygens (including phenoxy) is 2. The van der Waals surface area contributed by atoms with E-state index in [1.165, 1.54) is 18.4 Å². The highest BCUT2D eigenvalue weighted by atomic mass is 16.5. The molecule has 0 amide bonds. The lowest BCUT2D eigenvalue weighted by Crippen LogP contribution is -2.27. The molecule has 0 aromatic heterocycles. The molecular formula is C14H19NO2. The molecule has 0 aliphatic carbocycles. The van der Waals surface area contributed by atoms with E-state index >= 15 is 0 Å². The molecule has 0 saturated carbocycles. The fourth-order valence-electron chi connectivity index (χ4n) is 2.62. The highest BCUT2D eigenvalue weighted by Gasteiger charge is 2.24. The molecule has 92 valence electrons. The number of fused-ring (bicyclic) bond motifs is 1. The second-order valence-electron chi connectivity index (χ2n) is 4.88. The Balaban J connectivity index is 1.50. The zero-order valence-electron chi connectivity index (χ0n) is 10.0. The van der Waals surface area contributed by atoms with Gasteiger partial charge in [0.25, 0.3) is 0 Å². The zero-order chi connectivity index (χ0) is 11.5. The molecule has 3 nitrogen and oxygen atoms in total. The van der Waals surface area contributed by atoms with Gasteiger partial charge in [0.05, 0.1) is 19.8 Å². The maximum atomic E-state index is 5.82.